The Kier molecular flexibility index (Phi) is 7.69. The van der Waals surface area contributed by atoms with Gasteiger partial charge in [-0.1, -0.05) is 44.2 Å². The highest BCUT2D eigenvalue weighted by Gasteiger charge is 2.00. The maximum Gasteiger partial charge on any atom is 0.0591 e. The van der Waals surface area contributed by atoms with Crippen LogP contribution in [0.3, 0.4) is 0 Å². The second kappa shape index (κ2) is 9.20. The van der Waals surface area contributed by atoms with Crippen molar-refractivity contribution >= 4 is 0 Å². The molecule has 0 saturated carbocycles. The number of nitrogens with one attached hydrogen (secondary N) is 1. The van der Waals surface area contributed by atoms with E-state index in [1.54, 1.807) is 0 Å². The fourth-order valence-electron chi connectivity index (χ4n) is 1.85. The van der Waals surface area contributed by atoms with Crippen LogP contribution in [0.5, 0.6) is 0 Å². The summed E-state index contributed by atoms with van der Waals surface area (Å²) in [7, 11) is 0. The zero-order valence-corrected chi connectivity index (χ0v) is 11.1. The Morgan fingerprint density at radius 2 is 1.76 bits per heavy atom. The minimum Gasteiger partial charge on any atom is -0.380 e. The first-order valence-electron chi connectivity index (χ1n) is 6.71. The van der Waals surface area contributed by atoms with Gasteiger partial charge in [0.15, 0.2) is 0 Å². The van der Waals surface area contributed by atoms with E-state index in [1.165, 1.54) is 18.4 Å². The molecule has 0 aliphatic carbocycles. The maximum atomic E-state index is 5.61. The van der Waals surface area contributed by atoms with Crippen LogP contribution >= 0.6 is 0 Å². The van der Waals surface area contributed by atoms with Crippen LogP contribution in [0.15, 0.2) is 30.3 Å². The lowest BCUT2D eigenvalue weighted by Crippen LogP contribution is -2.30. The summed E-state index contributed by atoms with van der Waals surface area (Å²) in [6.45, 7) is 7.02. The van der Waals surface area contributed by atoms with Crippen molar-refractivity contribution in [3.05, 3.63) is 35.9 Å². The fraction of sp³-hybridized carbons (Fsp3) is 0.600. The van der Waals surface area contributed by atoms with E-state index >= 15 is 0 Å². The number of hydrogen-bond donors (Lipinski definition) is 1. The van der Waals surface area contributed by atoms with Crippen LogP contribution in [0.25, 0.3) is 0 Å². The zero-order valence-electron chi connectivity index (χ0n) is 11.1. The van der Waals surface area contributed by atoms with E-state index < -0.39 is 0 Å². The van der Waals surface area contributed by atoms with Crippen molar-refractivity contribution in [3.63, 3.8) is 0 Å². The van der Waals surface area contributed by atoms with E-state index in [2.05, 4.69) is 43.4 Å². The lowest BCUT2D eigenvalue weighted by Gasteiger charge is -2.14. The van der Waals surface area contributed by atoms with Gasteiger partial charge in [-0.15, -0.1) is 0 Å². The molecule has 17 heavy (non-hydrogen) atoms. The predicted molar refractivity (Wildman–Crippen MR) is 73.3 cm³/mol. The highest BCUT2D eigenvalue weighted by atomic mass is 16.5. The molecule has 0 atom stereocenters. The molecule has 0 fully saturated rings. The lowest BCUT2D eigenvalue weighted by atomic mass is 10.2. The molecule has 0 aliphatic heterocycles. The second-order valence-corrected chi connectivity index (χ2v) is 4.32. The van der Waals surface area contributed by atoms with Crippen molar-refractivity contribution in [2.24, 2.45) is 0 Å². The lowest BCUT2D eigenvalue weighted by molar-refractivity contribution is 0.136. The summed E-state index contributed by atoms with van der Waals surface area (Å²) < 4.78 is 5.61. The van der Waals surface area contributed by atoms with Crippen molar-refractivity contribution in [1.82, 2.24) is 5.32 Å². The van der Waals surface area contributed by atoms with Crippen LogP contribution in [0.4, 0.5) is 0 Å². The van der Waals surface area contributed by atoms with Gasteiger partial charge in [0.05, 0.1) is 13.2 Å². The smallest absolute Gasteiger partial charge is 0.0591 e. The third-order valence-electron chi connectivity index (χ3n) is 3.04. The highest BCUT2D eigenvalue weighted by Crippen LogP contribution is 1.99. The van der Waals surface area contributed by atoms with Gasteiger partial charge in [0.1, 0.15) is 0 Å². The van der Waals surface area contributed by atoms with Gasteiger partial charge in [0, 0.05) is 12.6 Å². The topological polar surface area (TPSA) is 21.3 Å². The second-order valence-electron chi connectivity index (χ2n) is 4.32. The third-order valence-corrected chi connectivity index (χ3v) is 3.04. The number of hydrogen-bond acceptors (Lipinski definition) is 2. The van der Waals surface area contributed by atoms with Gasteiger partial charge in [-0.2, -0.15) is 0 Å². The van der Waals surface area contributed by atoms with Gasteiger partial charge in [0.2, 0.25) is 0 Å². The Labute approximate surface area is 105 Å². The largest absolute Gasteiger partial charge is 0.380 e. The molecule has 2 nitrogen and oxygen atoms in total. The molecule has 0 aromatic heterocycles. The van der Waals surface area contributed by atoms with Gasteiger partial charge in [-0.3, -0.25) is 0 Å². The average molecular weight is 235 g/mol. The van der Waals surface area contributed by atoms with Crippen LogP contribution in [0.1, 0.15) is 32.3 Å². The fourth-order valence-corrected chi connectivity index (χ4v) is 1.85. The SMILES string of the molecule is CCC(CC)NCCOCCc1ccccc1. The summed E-state index contributed by atoms with van der Waals surface area (Å²) in [5.74, 6) is 0. The molecular formula is C15H25NO. The molecule has 1 aromatic rings. The van der Waals surface area contributed by atoms with E-state index in [4.69, 9.17) is 4.74 Å². The summed E-state index contributed by atoms with van der Waals surface area (Å²) in [6, 6.07) is 11.1. The van der Waals surface area contributed by atoms with E-state index in [0.717, 1.165) is 26.2 Å². The molecule has 96 valence electrons. The van der Waals surface area contributed by atoms with Crippen LogP contribution in [0, 0.1) is 0 Å². The first-order valence-corrected chi connectivity index (χ1v) is 6.71. The Bertz CT molecular complexity index is 270. The van der Waals surface area contributed by atoms with E-state index in [0.29, 0.717) is 6.04 Å². The van der Waals surface area contributed by atoms with E-state index in [-0.39, 0.29) is 0 Å². The Hall–Kier alpha value is -0.860. The molecule has 2 heteroatoms. The van der Waals surface area contributed by atoms with Gasteiger partial charge in [-0.25, -0.2) is 0 Å². The number of benzene rings is 1. The van der Waals surface area contributed by atoms with Crippen LogP contribution < -0.4 is 5.32 Å². The first-order chi connectivity index (χ1) is 8.36. The molecule has 0 spiro atoms. The maximum absolute atomic E-state index is 5.61. The highest BCUT2D eigenvalue weighted by molar-refractivity contribution is 5.14. The van der Waals surface area contributed by atoms with Crippen molar-refractivity contribution in [2.75, 3.05) is 19.8 Å². The molecule has 0 bridgehead atoms. The Morgan fingerprint density at radius 3 is 2.41 bits per heavy atom. The molecule has 1 rings (SSSR count). The van der Waals surface area contributed by atoms with Crippen LogP contribution in [-0.4, -0.2) is 25.8 Å². The molecule has 0 radical (unpaired) electrons. The van der Waals surface area contributed by atoms with Gasteiger partial charge < -0.3 is 10.1 Å². The molecular weight excluding hydrogens is 210 g/mol. The summed E-state index contributed by atoms with van der Waals surface area (Å²) >= 11 is 0. The summed E-state index contributed by atoms with van der Waals surface area (Å²) in [6.07, 6.45) is 3.40. The number of ether oxygens (including phenoxy) is 1. The average Bonchev–Trinajstić information content (AvgIpc) is 2.39. The molecule has 1 aromatic carbocycles. The summed E-state index contributed by atoms with van der Waals surface area (Å²) in [5, 5.41) is 3.49. The molecule has 0 amide bonds. The summed E-state index contributed by atoms with van der Waals surface area (Å²) in [5.41, 5.74) is 1.35. The Morgan fingerprint density at radius 1 is 1.06 bits per heavy atom. The normalized spacial score (nSPS) is 11.0. The molecule has 0 aliphatic rings. The standard InChI is InChI=1S/C15H25NO/c1-3-15(4-2)16-11-13-17-12-10-14-8-6-5-7-9-14/h5-9,15-16H,3-4,10-13H2,1-2H3. The van der Waals surface area contributed by atoms with E-state index in [9.17, 15) is 0 Å². The van der Waals surface area contributed by atoms with E-state index in [1.807, 2.05) is 6.07 Å². The zero-order chi connectivity index (χ0) is 12.3. The minimum absolute atomic E-state index is 0.646. The van der Waals surface area contributed by atoms with Crippen molar-refractivity contribution < 1.29 is 4.74 Å². The van der Waals surface area contributed by atoms with Gasteiger partial charge >= 0.3 is 0 Å². The third kappa shape index (κ3) is 6.44. The number of rotatable bonds is 9. The van der Waals surface area contributed by atoms with Gasteiger partial charge in [-0.05, 0) is 24.8 Å². The molecule has 1 N–H and O–H groups in total. The molecule has 0 heterocycles. The first kappa shape index (κ1) is 14.2. The van der Waals surface area contributed by atoms with Crippen LogP contribution in [-0.2, 0) is 11.2 Å². The van der Waals surface area contributed by atoms with Crippen molar-refractivity contribution in [3.8, 4) is 0 Å². The van der Waals surface area contributed by atoms with Gasteiger partial charge in [0.25, 0.3) is 0 Å². The van der Waals surface area contributed by atoms with Crippen molar-refractivity contribution in [1.29, 1.82) is 0 Å². The molecule has 0 saturated heterocycles. The quantitative estimate of drug-likeness (QED) is 0.664. The predicted octanol–water partition coefficient (Wildman–Crippen LogP) is 3.02. The minimum atomic E-state index is 0.646. The van der Waals surface area contributed by atoms with Crippen molar-refractivity contribution in [2.45, 2.75) is 39.2 Å². The summed E-state index contributed by atoms with van der Waals surface area (Å²) in [4.78, 5) is 0. The monoisotopic (exact) mass is 235 g/mol. The van der Waals surface area contributed by atoms with Crippen LogP contribution in [0.2, 0.25) is 0 Å². The Balaban J connectivity index is 1.98. The molecule has 0 unspecified atom stereocenters.